The maximum absolute atomic E-state index is 13.2. The van der Waals surface area contributed by atoms with Crippen LogP contribution in [-0.4, -0.2) is 190 Å². The van der Waals surface area contributed by atoms with Gasteiger partial charge < -0.3 is 70.4 Å². The lowest BCUT2D eigenvalue weighted by molar-refractivity contribution is -0.135. The number of nitrogens with one attached hydrogen (secondary N) is 5. The van der Waals surface area contributed by atoms with Crippen molar-refractivity contribution in [1.29, 1.82) is 16.3 Å². The lowest BCUT2D eigenvalue weighted by atomic mass is 9.95. The van der Waals surface area contributed by atoms with Crippen molar-refractivity contribution in [2.45, 2.75) is 138 Å². The topological polar surface area (TPSA) is 436 Å². The van der Waals surface area contributed by atoms with E-state index in [2.05, 4.69) is 108 Å². The Labute approximate surface area is 750 Å². The summed E-state index contributed by atoms with van der Waals surface area (Å²) in [6, 6.07) is 46.1. The molecule has 0 atom stereocenters. The number of ketones is 3. The van der Waals surface area contributed by atoms with E-state index in [-0.39, 0.29) is 53.4 Å². The highest BCUT2D eigenvalue weighted by Gasteiger charge is 2.26. The zero-order chi connectivity index (χ0) is 92.3. The van der Waals surface area contributed by atoms with Gasteiger partial charge in [-0.25, -0.2) is 21.9 Å². The fourth-order valence-corrected chi connectivity index (χ4v) is 13.3. The molecule has 0 radical (unpaired) electrons. The standard InChI is InChI=1S/C26H33N5O4.C18H23N3O2.C18H21NO2S.C10H17NO3.C10H14O.C8H7NOS.C3H3ClO2.H2N2.H2O.H2/c1-17(2)21-16-22(23(32)15-18(21)3)24-28-29-25(31(24)19-5-7-20(34-4)8-6-19)26(33)27-9-10-30-11-13-35-14-12-30;1-11(2)15-10-16(17(22)9-12(15)3)18(21-19)20-13-5-7-14(23-4)8-6-13;1-11(2)15-10-16(17(20)9-12(15)3)18(22)19-13-5-7-14(21-4)8-6-13;1-9(12)10(13)3-2-4-11-5-7-14-8-6-11;1-7(2)10-5-4-9(11)6-8(10)3;1-10-7-2-4-8(5-3-7)11-6-9;1-2(5)3(4)6;1-2;;/h5-8,15-17,32H,9-14H2,1-4H3,(H,27,33);5-11,22H,19H2,1-4H3,(H,20,21);5-11,20H,1-4H3,(H,19,22);2-8H2,1H3;4-7,11H,1-3H3;2-5H,1H3;1H3;1-2H;1H2;1H. The van der Waals surface area contributed by atoms with Crippen LogP contribution in [-0.2, 0) is 28.7 Å². The first kappa shape index (κ1) is 107. The summed E-state index contributed by atoms with van der Waals surface area (Å²) in [5, 5.41) is 64.5. The Morgan fingerprint density at radius 1 is 0.592 bits per heavy atom. The number of methoxy groups -OCH3 is 4. The predicted molar refractivity (Wildman–Crippen MR) is 498 cm³/mol. The molecule has 0 bridgehead atoms. The largest absolute Gasteiger partial charge is 0.508 e. The van der Waals surface area contributed by atoms with Gasteiger partial charge in [-0.15, -0.1) is 10.2 Å². The molecule has 1 amide bonds. The van der Waals surface area contributed by atoms with Crippen molar-refractivity contribution in [2.24, 2.45) is 10.8 Å². The second-order valence-electron chi connectivity index (χ2n) is 29.6. The molecule has 0 spiro atoms. The third kappa shape index (κ3) is 35.8. The van der Waals surface area contributed by atoms with Gasteiger partial charge in [-0.05, 0) is 278 Å². The number of thioether (sulfide) groups is 1. The molecule has 2 fully saturated rings. The molecule has 8 aromatic carbocycles. The van der Waals surface area contributed by atoms with Crippen LogP contribution in [0.4, 0.5) is 11.4 Å². The average molecular weight is 1780 g/mol. The fraction of sp³-hybridized carbons (Fsp3) is 0.376. The number of phenols is 4. The number of aromatic hydroxyl groups is 4. The van der Waals surface area contributed by atoms with Crippen molar-refractivity contribution in [3.63, 3.8) is 0 Å². The summed E-state index contributed by atoms with van der Waals surface area (Å²) >= 11 is 11.2. The molecular weight excluding hydrogens is 1650 g/mol. The molecule has 29 nitrogen and oxygen atoms in total. The molecule has 32 heteroatoms. The van der Waals surface area contributed by atoms with Crippen LogP contribution in [0.15, 0.2) is 162 Å². The Bertz CT molecular complexity index is 4970. The van der Waals surface area contributed by atoms with Crippen molar-refractivity contribution < 1.29 is 79.7 Å². The van der Waals surface area contributed by atoms with Gasteiger partial charge in [0, 0.05) is 77.2 Å². The normalized spacial score (nSPS) is 12.1. The second kappa shape index (κ2) is 56.2. The molecule has 0 saturated carbocycles. The zero-order valence-electron chi connectivity index (χ0n) is 74.6. The summed E-state index contributed by atoms with van der Waals surface area (Å²) in [5.41, 5.74) is 25.6. The van der Waals surface area contributed by atoms with E-state index in [1.54, 1.807) is 63.3 Å². The van der Waals surface area contributed by atoms with Crippen LogP contribution in [0.1, 0.15) is 173 Å². The van der Waals surface area contributed by atoms with E-state index in [0.29, 0.717) is 100 Å². The number of thiocyanates is 1. The van der Waals surface area contributed by atoms with Crippen LogP contribution in [0, 0.1) is 49.4 Å². The minimum atomic E-state index is -0.907. The quantitative estimate of drug-likeness (QED) is 0.00243. The molecule has 3 heterocycles. The summed E-state index contributed by atoms with van der Waals surface area (Å²) < 4.78 is 32.8. The number of phenolic OH excluding ortho intramolecular Hbond substituents is 4. The van der Waals surface area contributed by atoms with Crippen LogP contribution in [0.2, 0.25) is 0 Å². The number of ether oxygens (including phenoxy) is 6. The molecule has 2 aliphatic heterocycles. The van der Waals surface area contributed by atoms with Crippen molar-refractivity contribution in [1.82, 2.24) is 35.3 Å². The van der Waals surface area contributed by atoms with Gasteiger partial charge in [0.15, 0.2) is 23.2 Å². The highest BCUT2D eigenvalue weighted by atomic mass is 35.5. The smallest absolute Gasteiger partial charge is 0.289 e. The molecule has 9 aromatic rings. The third-order valence-electron chi connectivity index (χ3n) is 19.3. The number of hydrogen-bond acceptors (Lipinski definition) is 26. The van der Waals surface area contributed by atoms with E-state index in [9.17, 15) is 39.3 Å². The number of nitriles is 1. The number of thiocarbonyl (C=S) groups is 1. The van der Waals surface area contributed by atoms with E-state index < -0.39 is 11.0 Å². The number of benzene rings is 8. The number of carbonyl (C=O) groups excluding carboxylic acids is 5. The van der Waals surface area contributed by atoms with Gasteiger partial charge in [0.2, 0.25) is 11.6 Å². The first-order chi connectivity index (χ1) is 59.1. The minimum Gasteiger partial charge on any atom is -0.508 e. The SMILES string of the molecule is CC(=O)C(=O)CCCN1CCOCC1.CC(=O)C(=O)Cl.COc1ccc(-n2c(C(=O)NCCN3CCOCC3)nnc2-c2cc(C(C)C)c(C)cc2O)cc1.COc1ccc(N=C(NN)c2cc(C(C)C)c(C)cc2O)cc1.COc1ccc(NC(=S)c2cc(C(C)C)c(C)cc2O)cc1.COc1ccc(SC#N)cc1.Cc1cc(O)ccc1C(C)C.N=N.O.[HH]. The predicted octanol–water partition coefficient (Wildman–Crippen LogP) is 16.8. The molecule has 0 unspecified atom stereocenters. The first-order valence-electron chi connectivity index (χ1n) is 40.2. The Kier molecular flexibility index (Phi) is 48.3. The summed E-state index contributed by atoms with van der Waals surface area (Å²) in [4.78, 5) is 64.5. The number of hydrazine groups is 1. The van der Waals surface area contributed by atoms with E-state index in [0.717, 1.165) is 133 Å². The molecule has 1 aromatic heterocycles. The van der Waals surface area contributed by atoms with Crippen molar-refractivity contribution in [3.8, 4) is 68.5 Å². The Hall–Kier alpha value is -11.7. The third-order valence-corrected chi connectivity index (χ3v) is 20.5. The number of morpholine rings is 2. The summed E-state index contributed by atoms with van der Waals surface area (Å²) in [6.45, 7) is 36.1. The number of halogens is 1. The molecule has 125 heavy (non-hydrogen) atoms. The number of anilines is 1. The number of nitrogens with zero attached hydrogens (tertiary/aromatic N) is 7. The van der Waals surface area contributed by atoms with Crippen LogP contribution in [0.25, 0.3) is 17.1 Å². The van der Waals surface area contributed by atoms with Gasteiger partial charge >= 0.3 is 0 Å². The molecule has 676 valence electrons. The second-order valence-corrected chi connectivity index (χ2v) is 31.3. The molecule has 2 aliphatic rings. The first-order valence-corrected chi connectivity index (χ1v) is 41.8. The number of aliphatic imine (C=N–C) groups is 1. The monoisotopic (exact) mass is 1780 g/mol. The number of hydrogen-bond donors (Lipinski definition) is 10. The number of aromatic nitrogens is 3. The van der Waals surface area contributed by atoms with Crippen molar-refractivity contribution in [2.75, 3.05) is 106 Å². The fourth-order valence-electron chi connectivity index (χ4n) is 12.7. The molecule has 13 N–H and O–H groups in total. The number of Topliss-reactive ketones (excluding diaryl/α,β-unsaturated/α-hetero) is 3. The Morgan fingerprint density at radius 3 is 1.46 bits per heavy atom. The van der Waals surface area contributed by atoms with E-state index in [1.165, 1.54) is 23.6 Å². The number of aryl methyl sites for hydroxylation is 4. The minimum absolute atomic E-state index is 0. The van der Waals surface area contributed by atoms with Crippen LogP contribution >= 0.6 is 35.6 Å². The van der Waals surface area contributed by atoms with E-state index in [4.69, 9.17) is 67.9 Å². The number of carbonyl (C=O) groups is 5. The van der Waals surface area contributed by atoms with Gasteiger partial charge in [-0.2, -0.15) is 5.26 Å². The van der Waals surface area contributed by atoms with E-state index in [1.807, 2.05) is 154 Å². The van der Waals surface area contributed by atoms with Crippen LogP contribution in [0.5, 0.6) is 46.0 Å². The number of rotatable bonds is 25. The van der Waals surface area contributed by atoms with Crippen molar-refractivity contribution >= 4 is 86.3 Å². The van der Waals surface area contributed by atoms with E-state index >= 15 is 0 Å². The highest BCUT2D eigenvalue weighted by Crippen LogP contribution is 2.37. The zero-order valence-corrected chi connectivity index (χ0v) is 77.0. The molecule has 2 saturated heterocycles. The lowest BCUT2D eigenvalue weighted by Gasteiger charge is -2.26. The number of nitrogens with two attached hydrogens (primary N) is 1. The van der Waals surface area contributed by atoms with Crippen LogP contribution in [0.3, 0.4) is 0 Å². The molecule has 0 aliphatic carbocycles. The maximum Gasteiger partial charge on any atom is 0.289 e. The number of amidine groups is 1. The van der Waals surface area contributed by atoms with Gasteiger partial charge in [-0.3, -0.25) is 38.3 Å². The van der Waals surface area contributed by atoms with Gasteiger partial charge in [0.25, 0.3) is 11.1 Å². The summed E-state index contributed by atoms with van der Waals surface area (Å²) in [7, 11) is 6.46. The molecule has 11 rings (SSSR count). The highest BCUT2D eigenvalue weighted by molar-refractivity contribution is 8.03. The Balaban J connectivity index is 0.000000524. The van der Waals surface area contributed by atoms with Crippen LogP contribution < -0.4 is 40.8 Å². The number of amides is 1. The average Bonchev–Trinajstić information content (AvgIpc) is 1.60. The van der Waals surface area contributed by atoms with Gasteiger partial charge in [0.05, 0.1) is 77.2 Å². The Morgan fingerprint density at radius 2 is 1.02 bits per heavy atom. The maximum atomic E-state index is 13.2. The van der Waals surface area contributed by atoms with Gasteiger partial charge in [-0.1, -0.05) is 73.7 Å². The summed E-state index contributed by atoms with van der Waals surface area (Å²) in [6.07, 6.45) is 1.16. The summed E-state index contributed by atoms with van der Waals surface area (Å²) in [5.74, 6) is 10.4. The lowest BCUT2D eigenvalue weighted by Crippen LogP contribution is -2.41. The van der Waals surface area contributed by atoms with Gasteiger partial charge in [0.1, 0.15) is 56.4 Å². The molecular formula is C93H124ClN13O16S2. The van der Waals surface area contributed by atoms with Crippen molar-refractivity contribution in [3.05, 3.63) is 213 Å².